The smallest absolute Gasteiger partial charge is 0.252 e. The standard InChI is InChI=1S/C96H56B2N6O/c1-2-21-63(22-3-1)99(64-46-42-57(43-47-64)61-53-85-91-86(54-61)102-80-35-9-5-25-68(80)72-29-18-32-76(94(72)102)97(91)75-31-17-28-71-67-24-4-8-34-79(67)101(85)93(71)75)66-23-16-20-59(50-66)60-51-74-70-27-7-11-37-82(70)104-88-56-62(58-44-48-65(49-45-58)100-83-38-12-14-40-89(83)105-90-41-15-13-39-84(90)100)55-87-92(88)98(78(52-60)96(74)104)77-33-19-30-73-69-26-6-10-36-81(69)103(87)95(73)77/h1-56H. The third kappa shape index (κ3) is 7.40. The highest BCUT2D eigenvalue weighted by Gasteiger charge is 2.44. The van der Waals surface area contributed by atoms with Crippen LogP contribution in [0.5, 0.6) is 11.5 Å². The first-order valence-corrected chi connectivity index (χ1v) is 36.5. The third-order valence-corrected chi connectivity index (χ3v) is 23.8. The van der Waals surface area contributed by atoms with Crippen LogP contribution in [-0.2, 0) is 0 Å². The van der Waals surface area contributed by atoms with E-state index in [1.807, 2.05) is 12.1 Å². The quantitative estimate of drug-likeness (QED) is 0.149. The minimum absolute atomic E-state index is 0.0653. The van der Waals surface area contributed by atoms with Gasteiger partial charge in [-0.15, -0.1) is 0 Å². The molecule has 16 aromatic carbocycles. The third-order valence-electron chi connectivity index (χ3n) is 23.8. The number of benzene rings is 16. The van der Waals surface area contributed by atoms with E-state index in [0.717, 1.165) is 67.9 Å². The van der Waals surface area contributed by atoms with Crippen LogP contribution < -0.4 is 47.3 Å². The van der Waals surface area contributed by atoms with E-state index >= 15 is 0 Å². The molecule has 25 rings (SSSR count). The van der Waals surface area contributed by atoms with Crippen LogP contribution in [0.3, 0.4) is 0 Å². The van der Waals surface area contributed by atoms with Crippen LogP contribution in [0.4, 0.5) is 34.1 Å². The number of hydrogen-bond acceptors (Lipinski definition) is 3. The molecule has 0 bridgehead atoms. The van der Waals surface area contributed by atoms with Gasteiger partial charge in [-0.1, -0.05) is 212 Å². The van der Waals surface area contributed by atoms with Crippen molar-refractivity contribution >= 4 is 168 Å². The maximum Gasteiger partial charge on any atom is 0.252 e. The van der Waals surface area contributed by atoms with Crippen LogP contribution in [-0.4, -0.2) is 31.7 Å². The van der Waals surface area contributed by atoms with E-state index in [2.05, 4.69) is 356 Å². The van der Waals surface area contributed by atoms with Gasteiger partial charge in [0.2, 0.25) is 0 Å². The number of rotatable bonds is 7. The Morgan fingerprint density at radius 1 is 0.229 bits per heavy atom. The number of nitrogens with zero attached hydrogens (tertiary/aromatic N) is 6. The van der Waals surface area contributed by atoms with E-state index in [1.54, 1.807) is 0 Å². The molecule has 0 saturated heterocycles. The molecule has 9 heterocycles. The van der Waals surface area contributed by atoms with Crippen LogP contribution in [0.2, 0.25) is 0 Å². The van der Waals surface area contributed by atoms with Crippen molar-refractivity contribution in [2.75, 3.05) is 9.80 Å². The van der Waals surface area contributed by atoms with Gasteiger partial charge in [0.15, 0.2) is 11.5 Å². The number of para-hydroxylation sites is 12. The zero-order chi connectivity index (χ0) is 68.0. The number of fused-ring (bicyclic) bond motifs is 22. The SMILES string of the molecule is c1ccc(N(c2ccc(-c3cc4c5c(c3)-n3c6ccccc6c6cccc(c63)B5c3cccc5c6ccccc6n-4c35)cc2)c2cccc(-c3cc4c5c(c3)c3ccccc3n5-c3cc(-c5ccc(N6c7ccccc7Oc7ccccc76)cc5)cc5c3B4c3cccc4c6ccccc6n-5c34)c2)cc1. The highest BCUT2D eigenvalue weighted by Crippen LogP contribution is 2.52. The molecule has 0 saturated carbocycles. The van der Waals surface area contributed by atoms with Gasteiger partial charge in [-0.25, -0.2) is 0 Å². The first kappa shape index (κ1) is 56.0. The summed E-state index contributed by atoms with van der Waals surface area (Å²) in [5, 5.41) is 10.2. The highest BCUT2D eigenvalue weighted by atomic mass is 16.5. The van der Waals surface area contributed by atoms with Gasteiger partial charge in [0.05, 0.1) is 33.4 Å². The molecule has 5 aliphatic heterocycles. The molecular weight excluding hydrogens is 1270 g/mol. The fourth-order valence-electron chi connectivity index (χ4n) is 19.7. The number of ether oxygens (including phenoxy) is 1. The second-order valence-corrected chi connectivity index (χ2v) is 29.0. The van der Waals surface area contributed by atoms with Crippen molar-refractivity contribution in [2.45, 2.75) is 0 Å². The molecule has 5 aliphatic rings. The maximum atomic E-state index is 6.45. The molecular formula is C96H56B2N6O. The molecule has 20 aromatic rings. The molecule has 0 aliphatic carbocycles. The second-order valence-electron chi connectivity index (χ2n) is 29.0. The lowest BCUT2D eigenvalue weighted by atomic mass is 9.34. The normalized spacial score (nSPS) is 13.2. The van der Waals surface area contributed by atoms with E-state index in [9.17, 15) is 0 Å². The second kappa shape index (κ2) is 20.5. The zero-order valence-electron chi connectivity index (χ0n) is 56.6. The van der Waals surface area contributed by atoms with Crippen LogP contribution in [0, 0.1) is 0 Å². The Bertz CT molecular complexity index is 7090. The largest absolute Gasteiger partial charge is 0.453 e. The molecule has 0 amide bonds. The van der Waals surface area contributed by atoms with Gasteiger partial charge in [-0.05, 0) is 194 Å². The zero-order valence-corrected chi connectivity index (χ0v) is 56.6. The number of hydrogen-bond donors (Lipinski definition) is 0. The van der Waals surface area contributed by atoms with Gasteiger partial charge >= 0.3 is 0 Å². The highest BCUT2D eigenvalue weighted by molar-refractivity contribution is 7.01. The van der Waals surface area contributed by atoms with E-state index < -0.39 is 0 Å². The molecule has 0 radical (unpaired) electrons. The summed E-state index contributed by atoms with van der Waals surface area (Å²) in [5.41, 5.74) is 36.3. The van der Waals surface area contributed by atoms with Crippen molar-refractivity contribution in [2.24, 2.45) is 0 Å². The lowest BCUT2D eigenvalue weighted by Crippen LogP contribution is -2.59. The molecule has 105 heavy (non-hydrogen) atoms. The van der Waals surface area contributed by atoms with Gasteiger partial charge in [0.1, 0.15) is 0 Å². The summed E-state index contributed by atoms with van der Waals surface area (Å²) in [6.45, 7) is 0.00488. The molecule has 0 fully saturated rings. The van der Waals surface area contributed by atoms with Gasteiger partial charge in [-0.2, -0.15) is 0 Å². The van der Waals surface area contributed by atoms with E-state index in [0.29, 0.717) is 0 Å². The Balaban J connectivity index is 0.647. The van der Waals surface area contributed by atoms with Crippen molar-refractivity contribution in [1.29, 1.82) is 0 Å². The Labute approximate surface area is 603 Å². The first-order valence-electron chi connectivity index (χ1n) is 36.5. The van der Waals surface area contributed by atoms with E-state index in [-0.39, 0.29) is 13.4 Å². The van der Waals surface area contributed by atoms with Crippen molar-refractivity contribution in [3.63, 3.8) is 0 Å². The average molecular weight is 1330 g/mol. The summed E-state index contributed by atoms with van der Waals surface area (Å²) in [7, 11) is 0. The molecule has 7 nitrogen and oxygen atoms in total. The minimum Gasteiger partial charge on any atom is -0.453 e. The summed E-state index contributed by atoms with van der Waals surface area (Å²) in [6.07, 6.45) is 0. The van der Waals surface area contributed by atoms with Gasteiger partial charge < -0.3 is 32.8 Å². The minimum atomic E-state index is -0.0653. The Hall–Kier alpha value is -13.8. The molecule has 0 unspecified atom stereocenters. The van der Waals surface area contributed by atoms with Gasteiger partial charge in [-0.3, -0.25) is 0 Å². The predicted molar refractivity (Wildman–Crippen MR) is 439 cm³/mol. The van der Waals surface area contributed by atoms with Crippen molar-refractivity contribution in [1.82, 2.24) is 18.3 Å². The fraction of sp³-hybridized carbons (Fsp3) is 0. The summed E-state index contributed by atoms with van der Waals surface area (Å²) in [5.74, 6) is 1.68. The van der Waals surface area contributed by atoms with Crippen molar-refractivity contribution in [3.8, 4) is 67.6 Å². The molecule has 9 heteroatoms. The monoisotopic (exact) mass is 1330 g/mol. The summed E-state index contributed by atoms with van der Waals surface area (Å²) in [4.78, 5) is 4.75. The maximum absolute atomic E-state index is 6.45. The molecule has 0 spiro atoms. The lowest BCUT2D eigenvalue weighted by molar-refractivity contribution is 0.477. The van der Waals surface area contributed by atoms with Crippen molar-refractivity contribution < 1.29 is 4.74 Å². The Morgan fingerprint density at radius 3 is 1.10 bits per heavy atom. The van der Waals surface area contributed by atoms with Gasteiger partial charge in [0.25, 0.3) is 13.4 Å². The first-order chi connectivity index (χ1) is 52.1. The Kier molecular flexibility index (Phi) is 10.9. The van der Waals surface area contributed by atoms with E-state index in [1.165, 1.54) is 154 Å². The van der Waals surface area contributed by atoms with Crippen molar-refractivity contribution in [3.05, 3.63) is 340 Å². The number of aromatic nitrogens is 4. The summed E-state index contributed by atoms with van der Waals surface area (Å²) in [6, 6.07) is 127. The summed E-state index contributed by atoms with van der Waals surface area (Å²) < 4.78 is 16.8. The fourth-order valence-corrected chi connectivity index (χ4v) is 19.7. The van der Waals surface area contributed by atoms with Crippen LogP contribution in [0.1, 0.15) is 0 Å². The molecule has 4 aromatic heterocycles. The van der Waals surface area contributed by atoms with Gasteiger partial charge in [0, 0.05) is 111 Å². The van der Waals surface area contributed by atoms with E-state index in [4.69, 9.17) is 4.74 Å². The van der Waals surface area contributed by atoms with Crippen LogP contribution in [0.15, 0.2) is 340 Å². The number of anilines is 6. The average Bonchev–Trinajstić information content (AvgIpc) is 1.55. The molecule has 0 N–H and O–H groups in total. The van der Waals surface area contributed by atoms with Crippen LogP contribution in [0.25, 0.3) is 143 Å². The lowest BCUT2D eigenvalue weighted by Gasteiger charge is -2.34. The predicted octanol–water partition coefficient (Wildman–Crippen LogP) is 20.4. The molecule has 0 atom stereocenters. The van der Waals surface area contributed by atoms with Crippen LogP contribution >= 0.6 is 0 Å². The Morgan fingerprint density at radius 2 is 0.600 bits per heavy atom. The molecule has 482 valence electrons. The topological polar surface area (TPSA) is 35.4 Å². The summed E-state index contributed by atoms with van der Waals surface area (Å²) >= 11 is 0.